The molecule has 0 radical (unpaired) electrons. The van der Waals surface area contributed by atoms with Crippen LogP contribution in [0.15, 0.2) is 91.0 Å². The number of nitrogens with one attached hydrogen (secondary N) is 2. The van der Waals surface area contributed by atoms with E-state index < -0.39 is 22.5 Å². The second-order valence-electron chi connectivity index (χ2n) is 9.37. The van der Waals surface area contributed by atoms with Crippen molar-refractivity contribution < 1.29 is 14.3 Å². The van der Waals surface area contributed by atoms with E-state index in [1.807, 2.05) is 54.6 Å². The van der Waals surface area contributed by atoms with Crippen molar-refractivity contribution in [3.8, 4) is 0 Å². The van der Waals surface area contributed by atoms with E-state index in [2.05, 4.69) is 47.0 Å². The van der Waals surface area contributed by atoms with E-state index in [-0.39, 0.29) is 5.91 Å². The summed E-state index contributed by atoms with van der Waals surface area (Å²) < 4.78 is 4.83. The molecule has 190 valence electrons. The van der Waals surface area contributed by atoms with Gasteiger partial charge in [0.15, 0.2) is 0 Å². The number of nitrogens with two attached hydrogens (primary N) is 1. The van der Waals surface area contributed by atoms with Crippen LogP contribution in [0.25, 0.3) is 0 Å². The van der Waals surface area contributed by atoms with Gasteiger partial charge in [0.1, 0.15) is 11.6 Å². The number of hydrogen-bond donors (Lipinski definition) is 3. The second-order valence-corrected chi connectivity index (χ2v) is 10.6. The minimum absolute atomic E-state index is 0.300. The molecule has 7 heteroatoms. The molecule has 0 aliphatic carbocycles. The summed E-state index contributed by atoms with van der Waals surface area (Å²) in [6.45, 7) is 5.99. The van der Waals surface area contributed by atoms with Crippen LogP contribution < -0.4 is 16.4 Å². The lowest BCUT2D eigenvalue weighted by Crippen LogP contribution is -2.51. The van der Waals surface area contributed by atoms with E-state index in [1.54, 1.807) is 32.5 Å². The van der Waals surface area contributed by atoms with E-state index in [1.165, 1.54) is 0 Å². The lowest BCUT2D eigenvalue weighted by atomic mass is 9.84. The molecular weight excluding hydrogens is 470 g/mol. The molecule has 3 rings (SSSR count). The highest BCUT2D eigenvalue weighted by atomic mass is 32.2. The quantitative estimate of drug-likeness (QED) is 0.348. The summed E-state index contributed by atoms with van der Waals surface area (Å²) in [5, 5.41) is 5.58. The number of amides is 2. The molecule has 0 saturated heterocycles. The van der Waals surface area contributed by atoms with Crippen molar-refractivity contribution in [2.45, 2.75) is 37.2 Å². The Morgan fingerprint density at radius 3 is 1.67 bits per heavy atom. The van der Waals surface area contributed by atoms with E-state index in [9.17, 15) is 9.59 Å². The van der Waals surface area contributed by atoms with Gasteiger partial charge in [-0.1, -0.05) is 91.0 Å². The zero-order valence-electron chi connectivity index (χ0n) is 21.1. The third-order valence-corrected chi connectivity index (χ3v) is 7.10. The van der Waals surface area contributed by atoms with Crippen molar-refractivity contribution in [2.75, 3.05) is 18.8 Å². The minimum atomic E-state index is -0.827. The van der Waals surface area contributed by atoms with Crippen LogP contribution in [-0.4, -0.2) is 42.5 Å². The fourth-order valence-corrected chi connectivity index (χ4v) is 5.49. The predicted octanol–water partition coefficient (Wildman–Crippen LogP) is 4.68. The van der Waals surface area contributed by atoms with Crippen LogP contribution in [0.4, 0.5) is 4.79 Å². The monoisotopic (exact) mass is 505 g/mol. The van der Waals surface area contributed by atoms with Crippen LogP contribution in [0, 0.1) is 0 Å². The number of hydrogen-bond acceptors (Lipinski definition) is 5. The first-order valence-corrected chi connectivity index (χ1v) is 13.0. The highest BCUT2D eigenvalue weighted by molar-refractivity contribution is 8.00. The molecule has 6 nitrogen and oxygen atoms in total. The summed E-state index contributed by atoms with van der Waals surface area (Å²) in [6.07, 6.45) is -0.638. The van der Waals surface area contributed by atoms with Crippen LogP contribution >= 0.6 is 11.8 Å². The van der Waals surface area contributed by atoms with Crippen LogP contribution in [0.2, 0.25) is 0 Å². The second kappa shape index (κ2) is 12.6. The van der Waals surface area contributed by atoms with Crippen molar-refractivity contribution in [1.29, 1.82) is 0 Å². The smallest absolute Gasteiger partial charge is 0.408 e. The van der Waals surface area contributed by atoms with Gasteiger partial charge in [0.25, 0.3) is 0 Å². The Hall–Kier alpha value is -3.29. The molecule has 0 aliphatic rings. The molecular formula is C29H35N3O3S. The fraction of sp³-hybridized carbons (Fsp3) is 0.310. The third kappa shape index (κ3) is 7.12. The standard InChI is InChI=1S/C29H35N3O3S/c1-28(2,3)35-27(34)32-25(26(33)31-20-19-30)21-36-29(22-13-7-4-8-14-22,23-15-9-5-10-16-23)24-17-11-6-12-18-24/h4-18,25H,19-21,30H2,1-3H3,(H,31,33)(H,32,34)/t25-/m0/s1. The zero-order chi connectivity index (χ0) is 26.0. The number of thioether (sulfide) groups is 1. The van der Waals surface area contributed by atoms with Crippen molar-refractivity contribution in [1.82, 2.24) is 10.6 Å². The first-order valence-electron chi connectivity index (χ1n) is 12.0. The molecule has 0 saturated carbocycles. The Labute approximate surface area is 218 Å². The van der Waals surface area contributed by atoms with Gasteiger partial charge in [-0.3, -0.25) is 4.79 Å². The molecule has 2 amide bonds. The number of benzene rings is 3. The molecule has 4 N–H and O–H groups in total. The van der Waals surface area contributed by atoms with Gasteiger partial charge in [-0.2, -0.15) is 0 Å². The molecule has 3 aromatic carbocycles. The summed E-state index contributed by atoms with van der Waals surface area (Å²) in [5.41, 5.74) is 8.14. The van der Waals surface area contributed by atoms with Crippen molar-refractivity contribution in [2.24, 2.45) is 5.73 Å². The molecule has 0 fully saturated rings. The number of rotatable bonds is 10. The first-order chi connectivity index (χ1) is 17.3. The van der Waals surface area contributed by atoms with E-state index in [0.29, 0.717) is 18.8 Å². The van der Waals surface area contributed by atoms with Gasteiger partial charge in [0.2, 0.25) is 5.91 Å². The summed E-state index contributed by atoms with van der Waals surface area (Å²) in [7, 11) is 0. The minimum Gasteiger partial charge on any atom is -0.444 e. The Kier molecular flexibility index (Phi) is 9.56. The Morgan fingerprint density at radius 1 is 0.833 bits per heavy atom. The maximum absolute atomic E-state index is 13.1. The molecule has 0 aliphatic heterocycles. The van der Waals surface area contributed by atoms with Gasteiger partial charge in [-0.25, -0.2) is 4.79 Å². The number of alkyl carbamates (subject to hydrolysis) is 1. The lowest BCUT2D eigenvalue weighted by molar-refractivity contribution is -0.122. The largest absolute Gasteiger partial charge is 0.444 e. The van der Waals surface area contributed by atoms with Gasteiger partial charge in [0.05, 0.1) is 4.75 Å². The molecule has 0 heterocycles. The molecule has 0 unspecified atom stereocenters. The highest BCUT2D eigenvalue weighted by Crippen LogP contribution is 2.48. The highest BCUT2D eigenvalue weighted by Gasteiger charge is 2.38. The van der Waals surface area contributed by atoms with Crippen molar-refractivity contribution in [3.05, 3.63) is 108 Å². The Bertz CT molecular complexity index is 1010. The van der Waals surface area contributed by atoms with Crippen LogP contribution in [-0.2, 0) is 14.3 Å². The van der Waals surface area contributed by atoms with E-state index in [0.717, 1.165) is 16.7 Å². The van der Waals surface area contributed by atoms with Gasteiger partial charge < -0.3 is 21.1 Å². The Balaban J connectivity index is 2.03. The van der Waals surface area contributed by atoms with Crippen LogP contribution in [0.3, 0.4) is 0 Å². The van der Waals surface area contributed by atoms with E-state index in [4.69, 9.17) is 10.5 Å². The molecule has 0 spiro atoms. The predicted molar refractivity (Wildman–Crippen MR) is 147 cm³/mol. The van der Waals surface area contributed by atoms with Crippen LogP contribution in [0.5, 0.6) is 0 Å². The topological polar surface area (TPSA) is 93.4 Å². The van der Waals surface area contributed by atoms with Crippen LogP contribution in [0.1, 0.15) is 37.5 Å². The molecule has 0 bridgehead atoms. The maximum Gasteiger partial charge on any atom is 0.408 e. The van der Waals surface area contributed by atoms with Gasteiger partial charge in [-0.15, -0.1) is 11.8 Å². The number of carbonyl (C=O) groups excluding carboxylic acids is 2. The molecule has 0 aromatic heterocycles. The first kappa shape index (κ1) is 27.3. The number of carbonyl (C=O) groups is 2. The third-order valence-electron chi connectivity index (χ3n) is 5.46. The van der Waals surface area contributed by atoms with Gasteiger partial charge in [-0.05, 0) is 37.5 Å². The number of ether oxygens (including phenoxy) is 1. The lowest BCUT2D eigenvalue weighted by Gasteiger charge is -2.36. The fourth-order valence-electron chi connectivity index (χ4n) is 3.93. The van der Waals surface area contributed by atoms with E-state index >= 15 is 0 Å². The molecule has 1 atom stereocenters. The Morgan fingerprint density at radius 2 is 1.28 bits per heavy atom. The van der Waals surface area contributed by atoms with Gasteiger partial charge in [0, 0.05) is 18.8 Å². The van der Waals surface area contributed by atoms with Gasteiger partial charge >= 0.3 is 6.09 Å². The van der Waals surface area contributed by atoms with Crippen molar-refractivity contribution in [3.63, 3.8) is 0 Å². The van der Waals surface area contributed by atoms with Crippen molar-refractivity contribution >= 4 is 23.8 Å². The summed E-state index contributed by atoms with van der Waals surface area (Å²) in [5.74, 6) is -0.00387. The average molecular weight is 506 g/mol. The maximum atomic E-state index is 13.1. The summed E-state index contributed by atoms with van der Waals surface area (Å²) >= 11 is 1.60. The molecule has 3 aromatic rings. The average Bonchev–Trinajstić information content (AvgIpc) is 2.87. The molecule has 36 heavy (non-hydrogen) atoms. The summed E-state index contributed by atoms with van der Waals surface area (Å²) in [4.78, 5) is 25.7. The zero-order valence-corrected chi connectivity index (χ0v) is 21.9. The SMILES string of the molecule is CC(C)(C)OC(=O)N[C@@H](CSC(c1ccccc1)(c1ccccc1)c1ccccc1)C(=O)NCCN. The normalized spacial score (nSPS) is 12.4. The summed E-state index contributed by atoms with van der Waals surface area (Å²) in [6, 6.07) is 29.8.